The zero-order valence-corrected chi connectivity index (χ0v) is 16.9. The number of carbonyl (C=O) groups is 1. The van der Waals surface area contributed by atoms with Crippen molar-refractivity contribution in [1.29, 1.82) is 0 Å². The largest absolute Gasteiger partial charge is 0.486 e. The van der Waals surface area contributed by atoms with E-state index < -0.39 is 0 Å². The lowest BCUT2D eigenvalue weighted by atomic mass is 9.99. The van der Waals surface area contributed by atoms with Gasteiger partial charge in [0.15, 0.2) is 11.5 Å². The molecule has 0 saturated carbocycles. The molecule has 148 valence electrons. The van der Waals surface area contributed by atoms with E-state index >= 15 is 0 Å². The number of hydrogen-bond donors (Lipinski definition) is 1. The van der Waals surface area contributed by atoms with Gasteiger partial charge in [0.05, 0.1) is 11.8 Å². The number of amides is 1. The summed E-state index contributed by atoms with van der Waals surface area (Å²) in [5.74, 6) is 1.86. The number of benzene rings is 3. The summed E-state index contributed by atoms with van der Waals surface area (Å²) in [5, 5.41) is 3.20. The first-order valence-corrected chi connectivity index (χ1v) is 10.7. The molecule has 29 heavy (non-hydrogen) atoms. The van der Waals surface area contributed by atoms with Crippen molar-refractivity contribution < 1.29 is 14.3 Å². The van der Waals surface area contributed by atoms with E-state index in [1.54, 1.807) is 0 Å². The molecule has 1 aliphatic rings. The molecule has 1 N–H and O–H groups in total. The van der Waals surface area contributed by atoms with Gasteiger partial charge in [-0.1, -0.05) is 60.7 Å². The van der Waals surface area contributed by atoms with Gasteiger partial charge in [-0.3, -0.25) is 4.79 Å². The highest BCUT2D eigenvalue weighted by Crippen LogP contribution is 2.34. The van der Waals surface area contributed by atoms with Gasteiger partial charge in [-0.25, -0.2) is 0 Å². The number of nitrogens with one attached hydrogen (secondary N) is 1. The molecule has 0 aliphatic carbocycles. The topological polar surface area (TPSA) is 47.6 Å². The molecule has 0 fully saturated rings. The SMILES string of the molecule is O=C(CSc1ccc2c(c1)OCCO2)N[C@H](Cc1ccccc1)c1ccccc1. The first-order valence-electron chi connectivity index (χ1n) is 9.68. The summed E-state index contributed by atoms with van der Waals surface area (Å²) >= 11 is 1.50. The highest BCUT2D eigenvalue weighted by molar-refractivity contribution is 8.00. The number of thioether (sulfide) groups is 1. The van der Waals surface area contributed by atoms with Crippen LogP contribution in [0.4, 0.5) is 0 Å². The number of carbonyl (C=O) groups excluding carboxylic acids is 1. The summed E-state index contributed by atoms with van der Waals surface area (Å²) in [5.41, 5.74) is 2.30. The molecular weight excluding hydrogens is 382 g/mol. The Morgan fingerprint density at radius 2 is 1.59 bits per heavy atom. The molecule has 4 nitrogen and oxygen atoms in total. The minimum Gasteiger partial charge on any atom is -0.486 e. The molecule has 3 aromatic carbocycles. The Morgan fingerprint density at radius 3 is 2.34 bits per heavy atom. The van der Waals surface area contributed by atoms with Crippen LogP contribution < -0.4 is 14.8 Å². The van der Waals surface area contributed by atoms with Gasteiger partial charge in [-0.2, -0.15) is 0 Å². The number of rotatable bonds is 7. The van der Waals surface area contributed by atoms with Crippen LogP contribution in [0.15, 0.2) is 83.8 Å². The van der Waals surface area contributed by atoms with Crippen LogP contribution in [-0.4, -0.2) is 24.9 Å². The molecule has 0 saturated heterocycles. The summed E-state index contributed by atoms with van der Waals surface area (Å²) in [4.78, 5) is 13.7. The lowest BCUT2D eigenvalue weighted by Gasteiger charge is -2.20. The summed E-state index contributed by atoms with van der Waals surface area (Å²) in [6, 6.07) is 26.1. The van der Waals surface area contributed by atoms with Crippen molar-refractivity contribution >= 4 is 17.7 Å². The quantitative estimate of drug-likeness (QED) is 0.581. The first-order chi connectivity index (χ1) is 14.3. The van der Waals surface area contributed by atoms with E-state index in [1.165, 1.54) is 17.3 Å². The van der Waals surface area contributed by atoms with Gasteiger partial charge in [0.25, 0.3) is 0 Å². The van der Waals surface area contributed by atoms with Crippen molar-refractivity contribution in [3.8, 4) is 11.5 Å². The Balaban J connectivity index is 1.40. The molecule has 0 spiro atoms. The molecule has 0 unspecified atom stereocenters. The van der Waals surface area contributed by atoms with Gasteiger partial charge in [-0.15, -0.1) is 11.8 Å². The van der Waals surface area contributed by atoms with Crippen molar-refractivity contribution in [2.75, 3.05) is 19.0 Å². The Kier molecular flexibility index (Phi) is 6.37. The van der Waals surface area contributed by atoms with Crippen molar-refractivity contribution in [1.82, 2.24) is 5.32 Å². The van der Waals surface area contributed by atoms with Crippen molar-refractivity contribution in [3.63, 3.8) is 0 Å². The minimum absolute atomic E-state index is 0.00896. The Hall–Kier alpha value is -2.92. The molecule has 0 aromatic heterocycles. The second-order valence-electron chi connectivity index (χ2n) is 6.81. The highest BCUT2D eigenvalue weighted by Gasteiger charge is 2.16. The molecule has 4 rings (SSSR count). The Bertz CT molecular complexity index is 947. The van der Waals surface area contributed by atoms with E-state index in [0.29, 0.717) is 19.0 Å². The van der Waals surface area contributed by atoms with Gasteiger partial charge >= 0.3 is 0 Å². The fraction of sp³-hybridized carbons (Fsp3) is 0.208. The van der Waals surface area contributed by atoms with E-state index in [0.717, 1.165) is 28.4 Å². The lowest BCUT2D eigenvalue weighted by molar-refractivity contribution is -0.119. The first kappa shape index (κ1) is 19.4. The summed E-state index contributed by atoms with van der Waals surface area (Å²) in [7, 11) is 0. The normalized spacial score (nSPS) is 13.5. The van der Waals surface area contributed by atoms with Crippen molar-refractivity contribution in [3.05, 3.63) is 90.0 Å². The maximum atomic E-state index is 12.7. The third-order valence-corrected chi connectivity index (χ3v) is 5.70. The predicted octanol–water partition coefficient (Wildman–Crippen LogP) is 4.65. The van der Waals surface area contributed by atoms with Crippen molar-refractivity contribution in [2.24, 2.45) is 0 Å². The molecular formula is C24H23NO3S. The zero-order chi connectivity index (χ0) is 19.9. The van der Waals surface area contributed by atoms with Crippen LogP contribution in [0, 0.1) is 0 Å². The fourth-order valence-electron chi connectivity index (χ4n) is 3.29. The average Bonchev–Trinajstić information content (AvgIpc) is 2.78. The minimum atomic E-state index is -0.0630. The van der Waals surface area contributed by atoms with Gasteiger partial charge < -0.3 is 14.8 Å². The van der Waals surface area contributed by atoms with E-state index in [-0.39, 0.29) is 11.9 Å². The van der Waals surface area contributed by atoms with E-state index in [1.807, 2.05) is 54.6 Å². The van der Waals surface area contributed by atoms with Crippen LogP contribution in [0.25, 0.3) is 0 Å². The number of hydrogen-bond acceptors (Lipinski definition) is 4. The Labute approximate surface area is 175 Å². The predicted molar refractivity (Wildman–Crippen MR) is 116 cm³/mol. The number of ether oxygens (including phenoxy) is 2. The summed E-state index contributed by atoms with van der Waals surface area (Å²) < 4.78 is 11.2. The van der Waals surface area contributed by atoms with E-state index in [2.05, 4.69) is 29.6 Å². The maximum absolute atomic E-state index is 12.7. The second-order valence-corrected chi connectivity index (χ2v) is 7.86. The Morgan fingerprint density at radius 1 is 0.897 bits per heavy atom. The monoisotopic (exact) mass is 405 g/mol. The van der Waals surface area contributed by atoms with Gasteiger partial charge in [-0.05, 0) is 35.7 Å². The van der Waals surface area contributed by atoms with Gasteiger partial charge in [0.2, 0.25) is 5.91 Å². The maximum Gasteiger partial charge on any atom is 0.230 e. The standard InChI is InChI=1S/C24H23NO3S/c26-24(17-29-20-11-12-22-23(16-20)28-14-13-27-22)25-21(19-9-5-2-6-10-19)15-18-7-3-1-4-8-18/h1-12,16,21H,13-15,17H2,(H,25,26)/t21-/m1/s1. The zero-order valence-electron chi connectivity index (χ0n) is 16.0. The van der Waals surface area contributed by atoms with Gasteiger partial charge in [0, 0.05) is 4.90 Å². The van der Waals surface area contributed by atoms with Gasteiger partial charge in [0.1, 0.15) is 13.2 Å². The third-order valence-electron chi connectivity index (χ3n) is 4.70. The molecule has 1 amide bonds. The molecule has 5 heteroatoms. The molecule has 1 atom stereocenters. The molecule has 1 heterocycles. The molecule has 1 aliphatic heterocycles. The fourth-order valence-corrected chi connectivity index (χ4v) is 4.02. The second kappa shape index (κ2) is 9.52. The smallest absolute Gasteiger partial charge is 0.230 e. The van der Waals surface area contributed by atoms with Crippen LogP contribution in [0.1, 0.15) is 17.2 Å². The molecule has 3 aromatic rings. The average molecular weight is 406 g/mol. The van der Waals surface area contributed by atoms with Crippen LogP contribution in [0.2, 0.25) is 0 Å². The van der Waals surface area contributed by atoms with Crippen LogP contribution >= 0.6 is 11.8 Å². The summed E-state index contributed by atoms with van der Waals surface area (Å²) in [6.45, 7) is 1.13. The van der Waals surface area contributed by atoms with Crippen LogP contribution in [-0.2, 0) is 11.2 Å². The third kappa shape index (κ3) is 5.33. The van der Waals surface area contributed by atoms with Crippen molar-refractivity contribution in [2.45, 2.75) is 17.4 Å². The van der Waals surface area contributed by atoms with Crippen LogP contribution in [0.3, 0.4) is 0 Å². The van der Waals surface area contributed by atoms with E-state index in [9.17, 15) is 4.79 Å². The highest BCUT2D eigenvalue weighted by atomic mass is 32.2. The van der Waals surface area contributed by atoms with Crippen LogP contribution in [0.5, 0.6) is 11.5 Å². The lowest BCUT2D eigenvalue weighted by Crippen LogP contribution is -2.31. The number of fused-ring (bicyclic) bond motifs is 1. The summed E-state index contributed by atoms with van der Waals surface area (Å²) in [6.07, 6.45) is 0.755. The molecule has 0 bridgehead atoms. The van der Waals surface area contributed by atoms with E-state index in [4.69, 9.17) is 9.47 Å². The molecule has 0 radical (unpaired) electrons.